The molecule has 26 heavy (non-hydrogen) atoms. The Morgan fingerprint density at radius 2 is 1.85 bits per heavy atom. The van der Waals surface area contributed by atoms with Gasteiger partial charge in [-0.25, -0.2) is 4.39 Å². The van der Waals surface area contributed by atoms with E-state index in [-0.39, 0.29) is 18.3 Å². The molecule has 0 bridgehead atoms. The first kappa shape index (κ1) is 18.0. The van der Waals surface area contributed by atoms with Crippen molar-refractivity contribution in [2.45, 2.75) is 6.54 Å². The highest BCUT2D eigenvalue weighted by atomic mass is 35.5. The monoisotopic (exact) mass is 374 g/mol. The van der Waals surface area contributed by atoms with Gasteiger partial charge in [-0.1, -0.05) is 11.6 Å². The van der Waals surface area contributed by atoms with Gasteiger partial charge in [0.15, 0.2) is 0 Å². The largest absolute Gasteiger partial charge is 0.419 e. The van der Waals surface area contributed by atoms with Crippen molar-refractivity contribution in [1.82, 2.24) is 15.1 Å². The number of aromatic nitrogens is 2. The molecule has 1 N–H and O–H groups in total. The maximum atomic E-state index is 12.9. The Morgan fingerprint density at radius 1 is 1.15 bits per heavy atom. The van der Waals surface area contributed by atoms with E-state index in [1.807, 2.05) is 0 Å². The number of hydrogen-bond acceptors (Lipinski definition) is 5. The van der Waals surface area contributed by atoms with E-state index in [9.17, 15) is 9.18 Å². The van der Waals surface area contributed by atoms with E-state index in [4.69, 9.17) is 16.0 Å². The number of carbonyl (C=O) groups excluding carboxylic acids is 1. The molecule has 0 spiro atoms. The van der Waals surface area contributed by atoms with Crippen molar-refractivity contribution in [3.05, 3.63) is 65.3 Å². The van der Waals surface area contributed by atoms with Gasteiger partial charge in [-0.3, -0.25) is 9.69 Å². The van der Waals surface area contributed by atoms with Gasteiger partial charge in [0.05, 0.1) is 13.1 Å². The van der Waals surface area contributed by atoms with Gasteiger partial charge in [-0.05, 0) is 55.6 Å². The lowest BCUT2D eigenvalue weighted by Crippen LogP contribution is -2.29. The molecule has 3 rings (SSSR count). The molecule has 6 nitrogen and oxygen atoms in total. The molecule has 0 saturated carbocycles. The predicted octanol–water partition coefficient (Wildman–Crippen LogP) is 3.60. The number of halogens is 2. The summed E-state index contributed by atoms with van der Waals surface area (Å²) in [6.07, 6.45) is 0. The smallest absolute Gasteiger partial charge is 0.247 e. The van der Waals surface area contributed by atoms with Crippen LogP contribution < -0.4 is 5.32 Å². The van der Waals surface area contributed by atoms with E-state index in [1.165, 1.54) is 24.3 Å². The van der Waals surface area contributed by atoms with Gasteiger partial charge in [0.25, 0.3) is 0 Å². The highest BCUT2D eigenvalue weighted by molar-refractivity contribution is 6.30. The Labute approximate surface area is 154 Å². The van der Waals surface area contributed by atoms with Crippen molar-refractivity contribution >= 4 is 23.2 Å². The van der Waals surface area contributed by atoms with Gasteiger partial charge in [0, 0.05) is 16.3 Å². The molecular formula is C18H16ClFN4O2. The standard InChI is InChI=1S/C18H16ClFN4O2/c1-24(10-16(25)21-15-8-6-14(20)7-9-15)11-17-22-23-18(26-17)12-2-4-13(19)5-3-12/h2-9H,10-11H2,1H3,(H,21,25). The molecule has 0 radical (unpaired) electrons. The Hall–Kier alpha value is -2.77. The van der Waals surface area contributed by atoms with Crippen LogP contribution in [0.25, 0.3) is 11.5 Å². The van der Waals surface area contributed by atoms with Crippen LogP contribution in [0.2, 0.25) is 5.02 Å². The normalized spacial score (nSPS) is 10.9. The summed E-state index contributed by atoms with van der Waals surface area (Å²) >= 11 is 5.86. The topological polar surface area (TPSA) is 71.3 Å². The van der Waals surface area contributed by atoms with E-state index < -0.39 is 0 Å². The number of anilines is 1. The molecule has 0 fully saturated rings. The van der Waals surface area contributed by atoms with Crippen molar-refractivity contribution in [3.63, 3.8) is 0 Å². The van der Waals surface area contributed by atoms with Crippen LogP contribution in [0, 0.1) is 5.82 Å². The van der Waals surface area contributed by atoms with Gasteiger partial charge in [-0.15, -0.1) is 10.2 Å². The second kappa shape index (κ2) is 8.07. The fraction of sp³-hybridized carbons (Fsp3) is 0.167. The lowest BCUT2D eigenvalue weighted by atomic mass is 10.2. The average molecular weight is 375 g/mol. The van der Waals surface area contributed by atoms with Crippen molar-refractivity contribution in [2.24, 2.45) is 0 Å². The first-order valence-electron chi connectivity index (χ1n) is 7.82. The van der Waals surface area contributed by atoms with Crippen LogP contribution in [0.1, 0.15) is 5.89 Å². The third-order valence-corrected chi connectivity index (χ3v) is 3.76. The fourth-order valence-corrected chi connectivity index (χ4v) is 2.42. The zero-order chi connectivity index (χ0) is 18.5. The maximum absolute atomic E-state index is 12.9. The summed E-state index contributed by atoms with van der Waals surface area (Å²) in [5.74, 6) is 0.206. The molecule has 1 aromatic heterocycles. The SMILES string of the molecule is CN(CC(=O)Nc1ccc(F)cc1)Cc1nnc(-c2ccc(Cl)cc2)o1. The van der Waals surface area contributed by atoms with Crippen molar-refractivity contribution in [1.29, 1.82) is 0 Å². The van der Waals surface area contributed by atoms with Gasteiger partial charge in [0.2, 0.25) is 17.7 Å². The lowest BCUT2D eigenvalue weighted by molar-refractivity contribution is -0.117. The van der Waals surface area contributed by atoms with Crippen LogP contribution in [-0.4, -0.2) is 34.6 Å². The number of benzene rings is 2. The van der Waals surface area contributed by atoms with E-state index >= 15 is 0 Å². The van der Waals surface area contributed by atoms with Crippen LogP contribution in [0.5, 0.6) is 0 Å². The summed E-state index contributed by atoms with van der Waals surface area (Å²) in [6.45, 7) is 0.438. The molecule has 8 heteroatoms. The molecule has 3 aromatic rings. The molecule has 0 aliphatic heterocycles. The number of rotatable bonds is 6. The number of nitrogens with one attached hydrogen (secondary N) is 1. The van der Waals surface area contributed by atoms with Crippen LogP contribution in [0.4, 0.5) is 10.1 Å². The Bertz CT molecular complexity index is 881. The summed E-state index contributed by atoms with van der Waals surface area (Å²) in [5, 5.41) is 11.3. The second-order valence-electron chi connectivity index (χ2n) is 5.74. The molecule has 0 aliphatic rings. The van der Waals surface area contributed by atoms with Crippen molar-refractivity contribution in [2.75, 3.05) is 18.9 Å². The van der Waals surface area contributed by atoms with Crippen molar-refractivity contribution < 1.29 is 13.6 Å². The minimum atomic E-state index is -0.354. The molecule has 0 saturated heterocycles. The highest BCUT2D eigenvalue weighted by Gasteiger charge is 2.13. The Balaban J connectivity index is 1.54. The minimum absolute atomic E-state index is 0.121. The van der Waals surface area contributed by atoms with Crippen LogP contribution >= 0.6 is 11.6 Å². The molecular weight excluding hydrogens is 359 g/mol. The Kier molecular flexibility index (Phi) is 5.60. The second-order valence-corrected chi connectivity index (χ2v) is 6.17. The van der Waals surface area contributed by atoms with Crippen LogP contribution in [-0.2, 0) is 11.3 Å². The molecule has 0 aliphatic carbocycles. The quantitative estimate of drug-likeness (QED) is 0.713. The van der Waals surface area contributed by atoms with Gasteiger partial charge >= 0.3 is 0 Å². The summed E-state index contributed by atoms with van der Waals surface area (Å²) in [7, 11) is 1.76. The van der Waals surface area contributed by atoms with E-state index in [0.717, 1.165) is 5.56 Å². The maximum Gasteiger partial charge on any atom is 0.247 e. The third-order valence-electron chi connectivity index (χ3n) is 3.50. The van der Waals surface area contributed by atoms with E-state index in [2.05, 4.69) is 15.5 Å². The fourth-order valence-electron chi connectivity index (χ4n) is 2.29. The summed E-state index contributed by atoms with van der Waals surface area (Å²) in [5.41, 5.74) is 1.30. The average Bonchev–Trinajstić information content (AvgIpc) is 3.05. The molecule has 0 unspecified atom stereocenters. The number of amides is 1. The first-order valence-corrected chi connectivity index (χ1v) is 8.20. The highest BCUT2D eigenvalue weighted by Crippen LogP contribution is 2.20. The summed E-state index contributed by atoms with van der Waals surface area (Å²) < 4.78 is 18.5. The van der Waals surface area contributed by atoms with Gasteiger partial charge < -0.3 is 9.73 Å². The zero-order valence-corrected chi connectivity index (χ0v) is 14.7. The number of carbonyl (C=O) groups is 1. The molecule has 1 heterocycles. The van der Waals surface area contributed by atoms with Gasteiger partial charge in [-0.2, -0.15) is 0 Å². The summed E-state index contributed by atoms with van der Waals surface area (Å²) in [4.78, 5) is 13.8. The first-order chi connectivity index (χ1) is 12.5. The van der Waals surface area contributed by atoms with E-state index in [0.29, 0.717) is 29.0 Å². The van der Waals surface area contributed by atoms with Crippen LogP contribution in [0.15, 0.2) is 52.9 Å². The number of hydrogen-bond donors (Lipinski definition) is 1. The van der Waals surface area contributed by atoms with E-state index in [1.54, 1.807) is 36.2 Å². The molecule has 1 amide bonds. The molecule has 0 atom stereocenters. The van der Waals surface area contributed by atoms with Gasteiger partial charge in [0.1, 0.15) is 5.82 Å². The third kappa shape index (κ3) is 4.87. The summed E-state index contributed by atoms with van der Waals surface area (Å²) in [6, 6.07) is 12.7. The Morgan fingerprint density at radius 3 is 2.54 bits per heavy atom. The number of likely N-dealkylation sites (N-methyl/N-ethyl adjacent to an activating group) is 1. The molecule has 2 aromatic carbocycles. The zero-order valence-electron chi connectivity index (χ0n) is 13.9. The van der Waals surface area contributed by atoms with Crippen LogP contribution in [0.3, 0.4) is 0 Å². The molecule has 134 valence electrons. The number of nitrogens with zero attached hydrogens (tertiary/aromatic N) is 3. The minimum Gasteiger partial charge on any atom is -0.419 e. The lowest BCUT2D eigenvalue weighted by Gasteiger charge is -2.14. The predicted molar refractivity (Wildman–Crippen MR) is 96.1 cm³/mol. The van der Waals surface area contributed by atoms with Crippen molar-refractivity contribution in [3.8, 4) is 11.5 Å².